The SMILES string of the molecule is O=C(N[C@H](Cc1cc2cc(Cl)ccc2[nH]1)C(=O)O)c1ccc2ccccc2c1. The summed E-state index contributed by atoms with van der Waals surface area (Å²) in [5.74, 6) is -1.51. The highest BCUT2D eigenvalue weighted by Gasteiger charge is 2.22. The van der Waals surface area contributed by atoms with E-state index in [2.05, 4.69) is 10.3 Å². The molecule has 0 aliphatic heterocycles. The molecule has 5 nitrogen and oxygen atoms in total. The van der Waals surface area contributed by atoms with Gasteiger partial charge in [0.1, 0.15) is 6.04 Å². The van der Waals surface area contributed by atoms with Crippen LogP contribution < -0.4 is 5.32 Å². The molecule has 6 heteroatoms. The number of aliphatic carboxylic acids is 1. The van der Waals surface area contributed by atoms with Gasteiger partial charge in [0.2, 0.25) is 0 Å². The molecule has 0 fully saturated rings. The summed E-state index contributed by atoms with van der Waals surface area (Å²) >= 11 is 6.00. The van der Waals surface area contributed by atoms with E-state index in [0.29, 0.717) is 16.3 Å². The van der Waals surface area contributed by atoms with E-state index in [-0.39, 0.29) is 6.42 Å². The molecule has 28 heavy (non-hydrogen) atoms. The van der Waals surface area contributed by atoms with Crippen LogP contribution in [-0.4, -0.2) is 28.0 Å². The average Bonchev–Trinajstić information content (AvgIpc) is 3.08. The van der Waals surface area contributed by atoms with Gasteiger partial charge in [0.15, 0.2) is 0 Å². The Bertz CT molecular complexity index is 1200. The van der Waals surface area contributed by atoms with E-state index in [4.69, 9.17) is 11.6 Å². The highest BCUT2D eigenvalue weighted by atomic mass is 35.5. The molecule has 1 atom stereocenters. The molecule has 4 aromatic rings. The third-order valence-corrected chi connectivity index (χ3v) is 4.91. The van der Waals surface area contributed by atoms with Crippen molar-refractivity contribution in [3.05, 3.63) is 83.0 Å². The van der Waals surface area contributed by atoms with E-state index >= 15 is 0 Å². The number of carboxylic acids is 1. The van der Waals surface area contributed by atoms with Gasteiger partial charge in [-0.15, -0.1) is 0 Å². The van der Waals surface area contributed by atoms with Gasteiger partial charge in [-0.05, 0) is 47.2 Å². The first kappa shape index (κ1) is 18.1. The minimum Gasteiger partial charge on any atom is -0.480 e. The topological polar surface area (TPSA) is 82.2 Å². The van der Waals surface area contributed by atoms with Crippen LogP contribution in [0.3, 0.4) is 0 Å². The summed E-state index contributed by atoms with van der Waals surface area (Å²) in [5, 5.41) is 15.6. The number of aromatic nitrogens is 1. The molecule has 3 N–H and O–H groups in total. The first-order chi connectivity index (χ1) is 13.5. The molecule has 0 saturated carbocycles. The maximum absolute atomic E-state index is 12.6. The van der Waals surface area contributed by atoms with Crippen molar-refractivity contribution in [1.29, 1.82) is 0 Å². The second kappa shape index (κ2) is 7.37. The lowest BCUT2D eigenvalue weighted by Crippen LogP contribution is -2.42. The Labute approximate surface area is 165 Å². The molecule has 0 bridgehead atoms. The fourth-order valence-electron chi connectivity index (χ4n) is 3.27. The molecule has 0 unspecified atom stereocenters. The number of benzene rings is 3. The first-order valence-electron chi connectivity index (χ1n) is 8.79. The number of carbonyl (C=O) groups is 2. The van der Waals surface area contributed by atoms with Gasteiger partial charge in [0.25, 0.3) is 5.91 Å². The quantitative estimate of drug-likeness (QED) is 0.470. The second-order valence-electron chi connectivity index (χ2n) is 6.66. The largest absolute Gasteiger partial charge is 0.480 e. The van der Waals surface area contributed by atoms with Crippen molar-refractivity contribution >= 4 is 45.2 Å². The lowest BCUT2D eigenvalue weighted by Gasteiger charge is -2.14. The fourth-order valence-corrected chi connectivity index (χ4v) is 3.45. The highest BCUT2D eigenvalue weighted by Crippen LogP contribution is 2.21. The van der Waals surface area contributed by atoms with Crippen LogP contribution in [-0.2, 0) is 11.2 Å². The van der Waals surface area contributed by atoms with Gasteiger partial charge in [-0.25, -0.2) is 4.79 Å². The van der Waals surface area contributed by atoms with Gasteiger partial charge in [0, 0.05) is 33.6 Å². The number of hydrogen-bond donors (Lipinski definition) is 3. The van der Waals surface area contributed by atoms with E-state index < -0.39 is 17.9 Å². The molecular weight excluding hydrogens is 376 g/mol. The maximum Gasteiger partial charge on any atom is 0.326 e. The molecule has 0 saturated heterocycles. The third kappa shape index (κ3) is 3.70. The molecule has 4 rings (SSSR count). The van der Waals surface area contributed by atoms with Gasteiger partial charge in [-0.2, -0.15) is 0 Å². The molecule has 1 aromatic heterocycles. The summed E-state index contributed by atoms with van der Waals surface area (Å²) in [7, 11) is 0. The van der Waals surface area contributed by atoms with Crippen molar-refractivity contribution in [3.63, 3.8) is 0 Å². The highest BCUT2D eigenvalue weighted by molar-refractivity contribution is 6.31. The standard InChI is InChI=1S/C22H17ClN2O3/c23-17-7-8-19-16(10-17)11-18(24-19)12-20(22(27)28)25-21(26)15-6-5-13-3-1-2-4-14(13)9-15/h1-11,20,24H,12H2,(H,25,26)(H,27,28)/t20-/m1/s1. The molecule has 0 spiro atoms. The predicted molar refractivity (Wildman–Crippen MR) is 110 cm³/mol. The Morgan fingerprint density at radius 2 is 1.75 bits per heavy atom. The molecular formula is C22H17ClN2O3. The Morgan fingerprint density at radius 1 is 0.964 bits per heavy atom. The summed E-state index contributed by atoms with van der Waals surface area (Å²) in [4.78, 5) is 27.5. The molecule has 0 aliphatic carbocycles. The van der Waals surface area contributed by atoms with Crippen LogP contribution in [0.1, 0.15) is 16.1 Å². The van der Waals surface area contributed by atoms with Gasteiger partial charge < -0.3 is 15.4 Å². The van der Waals surface area contributed by atoms with Gasteiger partial charge in [-0.1, -0.05) is 41.9 Å². The first-order valence-corrected chi connectivity index (χ1v) is 9.17. The van der Waals surface area contributed by atoms with Crippen LogP contribution in [0.2, 0.25) is 5.02 Å². The number of amides is 1. The number of aromatic amines is 1. The summed E-state index contributed by atoms with van der Waals surface area (Å²) in [6, 6.07) is 19.2. The normalized spacial score (nSPS) is 12.2. The van der Waals surface area contributed by atoms with Crippen LogP contribution >= 0.6 is 11.6 Å². The lowest BCUT2D eigenvalue weighted by molar-refractivity contribution is -0.139. The lowest BCUT2D eigenvalue weighted by atomic mass is 10.1. The van der Waals surface area contributed by atoms with Crippen LogP contribution in [0.15, 0.2) is 66.7 Å². The van der Waals surface area contributed by atoms with Crippen molar-refractivity contribution < 1.29 is 14.7 Å². The summed E-state index contributed by atoms with van der Waals surface area (Å²) < 4.78 is 0. The molecule has 1 heterocycles. The Kier molecular flexibility index (Phi) is 4.75. The Hall–Kier alpha value is -3.31. The van der Waals surface area contributed by atoms with E-state index in [1.54, 1.807) is 24.3 Å². The zero-order valence-corrected chi connectivity index (χ0v) is 15.5. The minimum absolute atomic E-state index is 0.140. The monoisotopic (exact) mass is 392 g/mol. The van der Waals surface area contributed by atoms with Crippen LogP contribution in [0.5, 0.6) is 0 Å². The number of rotatable bonds is 5. The van der Waals surface area contributed by atoms with E-state index in [1.807, 2.05) is 42.5 Å². The average molecular weight is 393 g/mol. The van der Waals surface area contributed by atoms with E-state index in [1.165, 1.54) is 0 Å². The van der Waals surface area contributed by atoms with Crippen LogP contribution in [0, 0.1) is 0 Å². The maximum atomic E-state index is 12.6. The number of halogens is 1. The van der Waals surface area contributed by atoms with Gasteiger partial charge >= 0.3 is 5.97 Å². The molecule has 140 valence electrons. The van der Waals surface area contributed by atoms with Crippen molar-refractivity contribution in [2.45, 2.75) is 12.5 Å². The number of hydrogen-bond acceptors (Lipinski definition) is 2. The smallest absolute Gasteiger partial charge is 0.326 e. The predicted octanol–water partition coefficient (Wildman–Crippen LogP) is 4.40. The zero-order valence-electron chi connectivity index (χ0n) is 14.8. The van der Waals surface area contributed by atoms with Crippen molar-refractivity contribution in [2.24, 2.45) is 0 Å². The number of carboxylic acid groups (broad SMARTS) is 1. The zero-order chi connectivity index (χ0) is 19.7. The Balaban J connectivity index is 1.55. The third-order valence-electron chi connectivity index (χ3n) is 4.68. The van der Waals surface area contributed by atoms with E-state index in [9.17, 15) is 14.7 Å². The van der Waals surface area contributed by atoms with Crippen molar-refractivity contribution in [3.8, 4) is 0 Å². The number of carbonyl (C=O) groups excluding carboxylic acids is 1. The van der Waals surface area contributed by atoms with E-state index in [0.717, 1.165) is 21.7 Å². The van der Waals surface area contributed by atoms with Gasteiger partial charge in [0.05, 0.1) is 0 Å². The number of H-pyrrole nitrogens is 1. The summed E-state index contributed by atoms with van der Waals surface area (Å²) in [5.41, 5.74) is 2.00. The molecule has 3 aromatic carbocycles. The summed E-state index contributed by atoms with van der Waals surface area (Å²) in [6.07, 6.45) is 0.140. The second-order valence-corrected chi connectivity index (χ2v) is 7.09. The summed E-state index contributed by atoms with van der Waals surface area (Å²) in [6.45, 7) is 0. The van der Waals surface area contributed by atoms with Crippen LogP contribution in [0.4, 0.5) is 0 Å². The van der Waals surface area contributed by atoms with Crippen LogP contribution in [0.25, 0.3) is 21.7 Å². The van der Waals surface area contributed by atoms with Gasteiger partial charge in [-0.3, -0.25) is 4.79 Å². The molecule has 1 amide bonds. The van der Waals surface area contributed by atoms with Crippen molar-refractivity contribution in [2.75, 3.05) is 0 Å². The minimum atomic E-state index is -1.09. The number of fused-ring (bicyclic) bond motifs is 2. The molecule has 0 radical (unpaired) electrons. The van der Waals surface area contributed by atoms with Crippen molar-refractivity contribution in [1.82, 2.24) is 10.3 Å². The molecule has 0 aliphatic rings. The Morgan fingerprint density at radius 3 is 2.54 bits per heavy atom. The number of nitrogens with one attached hydrogen (secondary N) is 2. The fraction of sp³-hybridized carbons (Fsp3) is 0.0909.